The van der Waals surface area contributed by atoms with Crippen molar-refractivity contribution >= 4 is 73.5 Å². The first kappa shape index (κ1) is 53.8. The van der Waals surface area contributed by atoms with E-state index in [0.29, 0.717) is 53.7 Å². The summed E-state index contributed by atoms with van der Waals surface area (Å²) in [7, 11) is -2.78. The highest BCUT2D eigenvalue weighted by atomic mass is 79.9. The Morgan fingerprint density at radius 2 is 1.28 bits per heavy atom. The van der Waals surface area contributed by atoms with E-state index in [4.69, 9.17) is 33.8 Å². The lowest BCUT2D eigenvalue weighted by molar-refractivity contribution is -0.128. The summed E-state index contributed by atoms with van der Waals surface area (Å²) in [6.07, 6.45) is 4.04. The number of fused-ring (bicyclic) bond motifs is 3. The maximum Gasteiger partial charge on any atom is 0.437 e. The summed E-state index contributed by atoms with van der Waals surface area (Å²) in [5.74, 6) is -0.151. The van der Waals surface area contributed by atoms with Crippen LogP contribution in [0.3, 0.4) is 0 Å². The number of ether oxygens (including phenoxy) is 5. The number of pyridine rings is 1. The maximum absolute atomic E-state index is 13.8. The van der Waals surface area contributed by atoms with Gasteiger partial charge in [-0.15, -0.1) is 5.01 Å². The van der Waals surface area contributed by atoms with Crippen molar-refractivity contribution in [2.45, 2.75) is 181 Å². The van der Waals surface area contributed by atoms with Crippen molar-refractivity contribution in [1.29, 1.82) is 0 Å². The van der Waals surface area contributed by atoms with Crippen LogP contribution in [-0.2, 0) is 28.5 Å². The van der Waals surface area contributed by atoms with Crippen LogP contribution in [0.1, 0.15) is 107 Å². The van der Waals surface area contributed by atoms with E-state index >= 15 is 0 Å². The molecule has 5 heterocycles. The number of anilines is 2. The minimum atomic E-state index is -1.39. The van der Waals surface area contributed by atoms with E-state index in [1.165, 1.54) is 12.3 Å². The second-order valence-electron chi connectivity index (χ2n) is 23.1. The Hall–Kier alpha value is -4.12. The van der Waals surface area contributed by atoms with Gasteiger partial charge in [0.1, 0.15) is 30.3 Å². The second-order valence-corrected chi connectivity index (χ2v) is 35.1. The third-order valence-corrected chi connectivity index (χ3v) is 15.2. The Morgan fingerprint density at radius 1 is 0.761 bits per heavy atom. The predicted octanol–water partition coefficient (Wildman–Crippen LogP) is 11.1. The molecule has 0 unspecified atom stereocenters. The van der Waals surface area contributed by atoms with Crippen LogP contribution in [0.5, 0.6) is 0 Å². The van der Waals surface area contributed by atoms with E-state index < -0.39 is 51.0 Å². The molecule has 2 aliphatic rings. The highest BCUT2D eigenvalue weighted by Gasteiger charge is 2.46. The molecule has 3 atom stereocenters. The van der Waals surface area contributed by atoms with Crippen LogP contribution in [0.15, 0.2) is 29.0 Å². The van der Waals surface area contributed by atoms with Gasteiger partial charge in [-0.05, 0) is 128 Å². The minimum absolute atomic E-state index is 0.0119. The molecule has 5 rings (SSSR count). The molecule has 2 aliphatic heterocycles. The SMILES string of the molecule is CC(=O)N(C(=O)OC(C)(C)C)N(C(=O)OC(C)(C)C)c1ccc(-c2cnn3c(N(COCC[Si](C)(C)C)COCC[Si](C)(C)C)c(Br)c([C@H]4C[C@H]5CC[C@@H](C4)N5C(=O)OC(C)(C)C)nc23)cn1. The van der Waals surface area contributed by atoms with Gasteiger partial charge < -0.3 is 33.5 Å². The van der Waals surface area contributed by atoms with E-state index in [1.54, 1.807) is 58.3 Å². The molecule has 3 aromatic rings. The van der Waals surface area contributed by atoms with Gasteiger partial charge in [0.2, 0.25) is 5.91 Å². The molecule has 3 aromatic heterocycles. The third kappa shape index (κ3) is 14.7. The highest BCUT2D eigenvalue weighted by Crippen LogP contribution is 2.47. The van der Waals surface area contributed by atoms with Crippen LogP contribution in [0.4, 0.5) is 26.0 Å². The molecule has 2 fully saturated rings. The number of hydrazine groups is 1. The van der Waals surface area contributed by atoms with Crippen molar-refractivity contribution in [3.05, 3.63) is 34.7 Å². The molecule has 0 aromatic carbocycles. The van der Waals surface area contributed by atoms with Gasteiger partial charge in [-0.25, -0.2) is 24.4 Å². The molecule has 0 radical (unpaired) electrons. The van der Waals surface area contributed by atoms with Crippen LogP contribution in [0, 0.1) is 0 Å². The van der Waals surface area contributed by atoms with Crippen molar-refractivity contribution in [2.24, 2.45) is 0 Å². The van der Waals surface area contributed by atoms with Gasteiger partial charge in [0.25, 0.3) is 0 Å². The van der Waals surface area contributed by atoms with Crippen molar-refractivity contribution in [1.82, 2.24) is 29.5 Å². The average molecular weight is 1030 g/mol. The zero-order chi connectivity index (χ0) is 50.0. The monoisotopic (exact) mass is 1030 g/mol. The van der Waals surface area contributed by atoms with Gasteiger partial charge in [0, 0.05) is 71.6 Å². The van der Waals surface area contributed by atoms with Crippen LogP contribution in [0.2, 0.25) is 51.4 Å². The number of imide groups is 1. The Morgan fingerprint density at radius 3 is 1.75 bits per heavy atom. The third-order valence-electron chi connectivity index (χ3n) is 11.0. The fourth-order valence-electron chi connectivity index (χ4n) is 7.91. The molecular formula is C47H75BrN8O9Si2. The van der Waals surface area contributed by atoms with Gasteiger partial charge in [-0.2, -0.15) is 14.6 Å². The van der Waals surface area contributed by atoms with Crippen molar-refractivity contribution < 1.29 is 42.9 Å². The smallest absolute Gasteiger partial charge is 0.437 e. The average Bonchev–Trinajstić information content (AvgIpc) is 3.70. The summed E-state index contributed by atoms with van der Waals surface area (Å²) >= 11 is 4.04. The maximum atomic E-state index is 13.8. The first-order chi connectivity index (χ1) is 30.8. The lowest BCUT2D eigenvalue weighted by Gasteiger charge is -2.39. The number of carbonyl (C=O) groups is 4. The van der Waals surface area contributed by atoms with Gasteiger partial charge in [0.15, 0.2) is 17.3 Å². The Balaban J connectivity index is 1.63. The highest BCUT2D eigenvalue weighted by molar-refractivity contribution is 9.10. The number of amides is 4. The molecule has 67 heavy (non-hydrogen) atoms. The molecule has 17 nitrogen and oxygen atoms in total. The number of rotatable bonds is 14. The Kier molecular flexibility index (Phi) is 16.8. The lowest BCUT2D eigenvalue weighted by atomic mass is 9.88. The van der Waals surface area contributed by atoms with E-state index in [9.17, 15) is 19.2 Å². The molecule has 20 heteroatoms. The Bertz CT molecular complexity index is 2210. The molecule has 0 spiro atoms. The van der Waals surface area contributed by atoms with Crippen LogP contribution in [0.25, 0.3) is 16.8 Å². The molecule has 2 bridgehead atoms. The molecule has 4 amide bonds. The number of halogens is 1. The molecule has 0 saturated carbocycles. The molecule has 372 valence electrons. The molecule has 0 N–H and O–H groups in total. The standard InChI is InChI=1S/C47H75BrN8O9Si2/c1-31(57)55(43(59)64-46(5,6)7)56(44(60)65-47(8,9)10)37-20-17-32(27-49-37)36-28-50-54-40(36)51-39(33-25-34-18-19-35(26-33)53(34)42(58)63-45(2,3)4)38(48)41(54)52(29-61-21-23-66(11,12)13)30-62-22-24-67(14,15)16/h17,20,27-28,33-35H,18-19,21-26,29-30H2,1-16H3/t33-,34+,35-. The topological polar surface area (TPSA) is 170 Å². The largest absolute Gasteiger partial charge is 0.444 e. The number of piperidine rings is 1. The van der Waals surface area contributed by atoms with Crippen molar-refractivity contribution in [3.8, 4) is 11.1 Å². The quantitative estimate of drug-likeness (QED) is 0.0492. The molecular weight excluding hydrogens is 957 g/mol. The fourth-order valence-corrected chi connectivity index (χ4v) is 10.3. The number of carbonyl (C=O) groups excluding carboxylic acids is 4. The van der Waals surface area contributed by atoms with E-state index in [2.05, 4.69) is 65.1 Å². The first-order valence-electron chi connectivity index (χ1n) is 23.3. The van der Waals surface area contributed by atoms with Crippen molar-refractivity contribution in [2.75, 3.05) is 36.6 Å². The van der Waals surface area contributed by atoms with Gasteiger partial charge >= 0.3 is 18.3 Å². The number of nitrogens with zero attached hydrogens (tertiary/aromatic N) is 8. The van der Waals surface area contributed by atoms with E-state index in [1.807, 2.05) is 25.7 Å². The zero-order valence-electron chi connectivity index (χ0n) is 42.7. The van der Waals surface area contributed by atoms with Crippen molar-refractivity contribution in [3.63, 3.8) is 0 Å². The molecule has 2 saturated heterocycles. The Labute approximate surface area is 407 Å². The number of hydrogen-bond donors (Lipinski definition) is 0. The van der Waals surface area contributed by atoms with Crippen LogP contribution < -0.4 is 9.91 Å². The molecule has 0 aliphatic carbocycles. The van der Waals surface area contributed by atoms with Crippen LogP contribution in [-0.4, -0.2) is 125 Å². The second kappa shape index (κ2) is 20.9. The minimum Gasteiger partial charge on any atom is -0.444 e. The van der Waals surface area contributed by atoms with E-state index in [0.717, 1.165) is 47.0 Å². The normalized spacial score (nSPS) is 17.9. The van der Waals surface area contributed by atoms with Gasteiger partial charge in [-0.1, -0.05) is 39.3 Å². The summed E-state index contributed by atoms with van der Waals surface area (Å²) in [5, 5.41) is 6.30. The zero-order valence-corrected chi connectivity index (χ0v) is 46.3. The summed E-state index contributed by atoms with van der Waals surface area (Å²) in [5.41, 5.74) is 0.0509. The summed E-state index contributed by atoms with van der Waals surface area (Å²) in [6.45, 7) is 32.5. The number of hydrogen-bond acceptors (Lipinski definition) is 13. The van der Waals surface area contributed by atoms with Gasteiger partial charge in [-0.3, -0.25) is 4.79 Å². The first-order valence-corrected chi connectivity index (χ1v) is 31.6. The fraction of sp³-hybridized carbons (Fsp3) is 0.681. The predicted molar refractivity (Wildman–Crippen MR) is 269 cm³/mol. The van der Waals surface area contributed by atoms with Crippen LogP contribution >= 0.6 is 15.9 Å². The number of aromatic nitrogens is 4. The summed E-state index contributed by atoms with van der Waals surface area (Å²) < 4.78 is 32.5. The summed E-state index contributed by atoms with van der Waals surface area (Å²) in [6, 6.07) is 5.22. The lowest BCUT2D eigenvalue weighted by Crippen LogP contribution is -2.55. The van der Waals surface area contributed by atoms with Gasteiger partial charge in [0.05, 0.1) is 16.4 Å². The summed E-state index contributed by atoms with van der Waals surface area (Å²) in [4.78, 5) is 68.0. The van der Waals surface area contributed by atoms with E-state index in [-0.39, 0.29) is 43.4 Å².